The predicted molar refractivity (Wildman–Crippen MR) is 99.2 cm³/mol. The van der Waals surface area contributed by atoms with Gasteiger partial charge in [0.2, 0.25) is 11.9 Å². The molecule has 1 atom stereocenters. The minimum absolute atomic E-state index is 0.0172. The van der Waals surface area contributed by atoms with Gasteiger partial charge >= 0.3 is 0 Å². The number of anilines is 1. The number of carbonyl (C=O) groups is 1. The molecule has 2 aliphatic rings. The van der Waals surface area contributed by atoms with Crippen molar-refractivity contribution in [2.45, 2.75) is 50.4 Å². The van der Waals surface area contributed by atoms with Crippen LogP contribution in [0.1, 0.15) is 37.8 Å². The molecule has 1 aromatic rings. The first kappa shape index (κ1) is 19.0. The number of aromatic nitrogens is 2. The van der Waals surface area contributed by atoms with E-state index < -0.39 is 5.66 Å². The van der Waals surface area contributed by atoms with Crippen molar-refractivity contribution >= 4 is 11.9 Å². The van der Waals surface area contributed by atoms with Crippen LogP contribution in [-0.4, -0.2) is 47.8 Å². The third kappa shape index (κ3) is 5.14. The van der Waals surface area contributed by atoms with Crippen molar-refractivity contribution in [2.75, 3.05) is 25.1 Å². The topological polar surface area (TPSA) is 112 Å². The molecule has 9 heteroatoms. The first-order valence-corrected chi connectivity index (χ1v) is 9.04. The molecule has 2 aliphatic heterocycles. The zero-order valence-corrected chi connectivity index (χ0v) is 15.4. The molecule has 0 radical (unpaired) electrons. The fourth-order valence-corrected chi connectivity index (χ4v) is 3.22. The normalized spacial score (nSPS) is 19.7. The van der Waals surface area contributed by atoms with E-state index in [4.69, 9.17) is 11.2 Å². The lowest BCUT2D eigenvalue weighted by atomic mass is 10.0. The molecule has 144 valence electrons. The van der Waals surface area contributed by atoms with Crippen LogP contribution in [0.15, 0.2) is 21.1 Å². The summed E-state index contributed by atoms with van der Waals surface area (Å²) < 4.78 is 5.04. The second kappa shape index (κ2) is 8.31. The maximum absolute atomic E-state index is 12.2. The van der Waals surface area contributed by atoms with Gasteiger partial charge in [-0.25, -0.2) is 4.98 Å². The molecular formula is C18H24N6O3. The number of ether oxygens (including phenoxy) is 1. The number of hydrogen-bond donors (Lipinski definition) is 2. The second-order valence-corrected chi connectivity index (χ2v) is 6.88. The van der Waals surface area contributed by atoms with Gasteiger partial charge in [-0.3, -0.25) is 14.6 Å². The van der Waals surface area contributed by atoms with Crippen molar-refractivity contribution in [3.63, 3.8) is 0 Å². The number of nitrogens with one attached hydrogen (secondary N) is 2. The molecule has 1 fully saturated rings. The Morgan fingerprint density at radius 3 is 3.04 bits per heavy atom. The first-order chi connectivity index (χ1) is 13.0. The molecular weight excluding hydrogens is 348 g/mol. The van der Waals surface area contributed by atoms with E-state index in [1.807, 2.05) is 4.90 Å². The van der Waals surface area contributed by atoms with Gasteiger partial charge in [0, 0.05) is 58.0 Å². The van der Waals surface area contributed by atoms with Crippen LogP contribution in [0, 0.1) is 12.3 Å². The smallest absolute Gasteiger partial charge is 0.252 e. The maximum atomic E-state index is 12.2. The number of nitrogens with zero attached hydrogens (tertiary/aromatic N) is 4. The Kier molecular flexibility index (Phi) is 5.86. The van der Waals surface area contributed by atoms with Crippen molar-refractivity contribution < 1.29 is 9.53 Å². The number of methoxy groups -OCH3 is 1. The number of rotatable bonds is 9. The summed E-state index contributed by atoms with van der Waals surface area (Å²) in [6.07, 6.45) is 8.33. The van der Waals surface area contributed by atoms with E-state index in [9.17, 15) is 9.59 Å². The van der Waals surface area contributed by atoms with Crippen LogP contribution in [0.4, 0.5) is 5.95 Å². The summed E-state index contributed by atoms with van der Waals surface area (Å²) in [7, 11) is 1.56. The Bertz CT molecular complexity index is 806. The maximum Gasteiger partial charge on any atom is 0.252 e. The van der Waals surface area contributed by atoms with E-state index in [1.54, 1.807) is 7.11 Å². The largest absolute Gasteiger partial charge is 0.378 e. The zero-order chi connectivity index (χ0) is 19.3. The van der Waals surface area contributed by atoms with Gasteiger partial charge in [0.1, 0.15) is 0 Å². The summed E-state index contributed by atoms with van der Waals surface area (Å²) in [6, 6.07) is 1.44. The Morgan fingerprint density at radius 1 is 1.52 bits per heavy atom. The highest BCUT2D eigenvalue weighted by Crippen LogP contribution is 2.37. The van der Waals surface area contributed by atoms with Crippen molar-refractivity contribution in [1.82, 2.24) is 15.3 Å². The number of carbonyl (C=O) groups excluding carboxylic acids is 1. The first-order valence-electron chi connectivity index (χ1n) is 9.04. The number of H-pyrrole nitrogens is 1. The molecule has 1 aromatic heterocycles. The van der Waals surface area contributed by atoms with Crippen LogP contribution in [0.3, 0.4) is 0 Å². The SMILES string of the molecule is C#CCCC1(CCC(=O)NC2CCN(c3nc(COC)cc(=O)[nH]3)C2)N=N1. The van der Waals surface area contributed by atoms with Crippen LogP contribution >= 0.6 is 0 Å². The minimum atomic E-state index is -0.434. The average molecular weight is 372 g/mol. The van der Waals surface area contributed by atoms with Gasteiger partial charge < -0.3 is 15.0 Å². The Labute approximate surface area is 157 Å². The third-order valence-electron chi connectivity index (χ3n) is 4.73. The highest BCUT2D eigenvalue weighted by Gasteiger charge is 2.39. The lowest BCUT2D eigenvalue weighted by Crippen LogP contribution is -2.38. The van der Waals surface area contributed by atoms with E-state index in [0.29, 0.717) is 50.4 Å². The van der Waals surface area contributed by atoms with Gasteiger partial charge in [-0.2, -0.15) is 10.2 Å². The van der Waals surface area contributed by atoms with Gasteiger partial charge in [-0.1, -0.05) is 0 Å². The average Bonchev–Trinajstić information content (AvgIpc) is 3.27. The van der Waals surface area contributed by atoms with Crippen LogP contribution in [-0.2, 0) is 16.1 Å². The van der Waals surface area contributed by atoms with Crippen molar-refractivity contribution in [2.24, 2.45) is 10.2 Å². The highest BCUT2D eigenvalue weighted by molar-refractivity contribution is 5.76. The minimum Gasteiger partial charge on any atom is -0.378 e. The number of amides is 1. The molecule has 0 spiro atoms. The summed E-state index contributed by atoms with van der Waals surface area (Å²) in [6.45, 7) is 1.59. The second-order valence-electron chi connectivity index (χ2n) is 6.88. The molecule has 0 bridgehead atoms. The molecule has 9 nitrogen and oxygen atoms in total. The molecule has 0 saturated carbocycles. The molecule has 1 unspecified atom stereocenters. The van der Waals surface area contributed by atoms with E-state index in [-0.39, 0.29) is 24.1 Å². The summed E-state index contributed by atoms with van der Waals surface area (Å²) in [5.41, 5.74) is -0.0666. The Hall–Kier alpha value is -2.73. The van der Waals surface area contributed by atoms with E-state index in [2.05, 4.69) is 31.4 Å². The monoisotopic (exact) mass is 372 g/mol. The molecule has 3 rings (SSSR count). The van der Waals surface area contributed by atoms with Crippen LogP contribution in [0.25, 0.3) is 0 Å². The fraction of sp³-hybridized carbons (Fsp3) is 0.611. The molecule has 0 aromatic carbocycles. The summed E-state index contributed by atoms with van der Waals surface area (Å²) in [4.78, 5) is 33.1. The zero-order valence-electron chi connectivity index (χ0n) is 15.4. The molecule has 0 aliphatic carbocycles. The van der Waals surface area contributed by atoms with Gasteiger partial charge in [0.05, 0.1) is 12.3 Å². The van der Waals surface area contributed by atoms with Crippen molar-refractivity contribution in [3.05, 3.63) is 22.1 Å². The molecule has 3 heterocycles. The number of terminal acetylenes is 1. The predicted octanol–water partition coefficient (Wildman–Crippen LogP) is 0.967. The number of aromatic amines is 1. The molecule has 27 heavy (non-hydrogen) atoms. The lowest BCUT2D eigenvalue weighted by molar-refractivity contribution is -0.121. The fourth-order valence-electron chi connectivity index (χ4n) is 3.22. The van der Waals surface area contributed by atoms with Crippen LogP contribution < -0.4 is 15.8 Å². The Morgan fingerprint density at radius 2 is 2.33 bits per heavy atom. The van der Waals surface area contributed by atoms with Crippen molar-refractivity contribution in [1.29, 1.82) is 0 Å². The molecule has 1 saturated heterocycles. The lowest BCUT2D eigenvalue weighted by Gasteiger charge is -2.18. The van der Waals surface area contributed by atoms with Crippen LogP contribution in [0.5, 0.6) is 0 Å². The third-order valence-corrected chi connectivity index (χ3v) is 4.73. The van der Waals surface area contributed by atoms with Gasteiger partial charge in [0.15, 0.2) is 5.66 Å². The molecule has 1 amide bonds. The summed E-state index contributed by atoms with van der Waals surface area (Å²) in [5, 5.41) is 11.1. The van der Waals surface area contributed by atoms with E-state index >= 15 is 0 Å². The van der Waals surface area contributed by atoms with E-state index in [0.717, 1.165) is 6.42 Å². The Balaban J connectivity index is 1.48. The van der Waals surface area contributed by atoms with Gasteiger partial charge in [-0.05, 0) is 6.42 Å². The van der Waals surface area contributed by atoms with Gasteiger partial charge in [0.25, 0.3) is 5.56 Å². The van der Waals surface area contributed by atoms with E-state index in [1.165, 1.54) is 6.07 Å². The van der Waals surface area contributed by atoms with Crippen LogP contribution in [0.2, 0.25) is 0 Å². The summed E-state index contributed by atoms with van der Waals surface area (Å²) in [5.74, 6) is 3.07. The van der Waals surface area contributed by atoms with Crippen molar-refractivity contribution in [3.8, 4) is 12.3 Å². The quantitative estimate of drug-likeness (QED) is 0.627. The summed E-state index contributed by atoms with van der Waals surface area (Å²) >= 11 is 0. The standard InChI is InChI=1S/C18H24N6O3/c1-3-4-7-18(22-23-18)8-5-15(25)19-13-6-9-24(11-13)17-20-14(12-27-2)10-16(26)21-17/h1,10,13H,4-9,11-12H2,2H3,(H,19,25)(H,20,21,26). The number of hydrogen-bond acceptors (Lipinski definition) is 7. The van der Waals surface area contributed by atoms with Gasteiger partial charge in [-0.15, -0.1) is 12.3 Å². The molecule has 2 N–H and O–H groups in total. The highest BCUT2D eigenvalue weighted by atomic mass is 16.5.